The number of carbonyl (C=O) groups is 2. The Morgan fingerprint density at radius 1 is 1.02 bits per heavy atom. The number of likely N-dealkylation sites (tertiary alicyclic amines) is 2. The van der Waals surface area contributed by atoms with E-state index in [4.69, 9.17) is 16.1 Å². The van der Waals surface area contributed by atoms with Gasteiger partial charge in [-0.05, 0) is 42.5 Å². The fourth-order valence-electron chi connectivity index (χ4n) is 6.22. The minimum atomic E-state index is -0.903. The lowest BCUT2D eigenvalue weighted by Crippen LogP contribution is -2.61. The summed E-state index contributed by atoms with van der Waals surface area (Å²) in [7, 11) is 0. The van der Waals surface area contributed by atoms with Crippen LogP contribution in [0.25, 0.3) is 11.3 Å². The van der Waals surface area contributed by atoms with Crippen molar-refractivity contribution in [2.75, 3.05) is 13.1 Å². The number of halogens is 1. The molecule has 4 aromatic rings. The van der Waals surface area contributed by atoms with E-state index in [0.717, 1.165) is 16.7 Å². The van der Waals surface area contributed by atoms with Crippen molar-refractivity contribution in [3.05, 3.63) is 113 Å². The number of benzene rings is 3. The van der Waals surface area contributed by atoms with Gasteiger partial charge in [0.15, 0.2) is 0 Å². The molecule has 8 heteroatoms. The first kappa shape index (κ1) is 26.3. The first-order valence-corrected chi connectivity index (χ1v) is 13.9. The predicted molar refractivity (Wildman–Crippen MR) is 151 cm³/mol. The number of amides is 2. The molecule has 0 radical (unpaired) electrons. The summed E-state index contributed by atoms with van der Waals surface area (Å²) in [5, 5.41) is 16.3. The summed E-state index contributed by atoms with van der Waals surface area (Å²) in [5.74, 6) is -0.230. The molecule has 0 aliphatic carbocycles. The SMILES string of the molecule is O=C(c1cc(-c2ccccc2)no1)N1CCC[C@]2(C[C@@H](O)[C@H](c3ccccc3)N(Cc3cccc(Cl)c3)C2=O)C1. The molecule has 2 amide bonds. The molecule has 6 rings (SSSR count). The zero-order valence-corrected chi connectivity index (χ0v) is 22.7. The van der Waals surface area contributed by atoms with Gasteiger partial charge in [0.05, 0.1) is 17.6 Å². The smallest absolute Gasteiger partial charge is 0.292 e. The molecule has 3 heterocycles. The van der Waals surface area contributed by atoms with Crippen molar-refractivity contribution in [2.24, 2.45) is 5.41 Å². The van der Waals surface area contributed by atoms with E-state index in [2.05, 4.69) is 5.16 Å². The average Bonchev–Trinajstić information content (AvgIpc) is 3.47. The van der Waals surface area contributed by atoms with Gasteiger partial charge in [-0.15, -0.1) is 0 Å². The van der Waals surface area contributed by atoms with Crippen LogP contribution in [0.5, 0.6) is 0 Å². The minimum absolute atomic E-state index is 0.0633. The van der Waals surface area contributed by atoms with Crippen molar-refractivity contribution in [1.29, 1.82) is 0 Å². The van der Waals surface area contributed by atoms with Crippen LogP contribution in [0.3, 0.4) is 0 Å². The van der Waals surface area contributed by atoms with Crippen molar-refractivity contribution in [3.8, 4) is 11.3 Å². The van der Waals surface area contributed by atoms with Gasteiger partial charge >= 0.3 is 0 Å². The van der Waals surface area contributed by atoms with E-state index >= 15 is 0 Å². The Bertz CT molecular complexity index is 1510. The van der Waals surface area contributed by atoms with Crippen molar-refractivity contribution in [2.45, 2.75) is 38.0 Å². The molecule has 7 nitrogen and oxygen atoms in total. The number of aromatic nitrogens is 1. The topological polar surface area (TPSA) is 86.9 Å². The maximum absolute atomic E-state index is 14.4. The van der Waals surface area contributed by atoms with E-state index < -0.39 is 17.6 Å². The second-order valence-corrected chi connectivity index (χ2v) is 11.2. The van der Waals surface area contributed by atoms with Gasteiger partial charge in [0.25, 0.3) is 5.91 Å². The first-order chi connectivity index (χ1) is 19.4. The van der Waals surface area contributed by atoms with Gasteiger partial charge in [-0.25, -0.2) is 0 Å². The molecule has 2 aliphatic rings. The summed E-state index contributed by atoms with van der Waals surface area (Å²) >= 11 is 6.27. The standard InChI is InChI=1S/C32H30ClN3O4/c33-25-14-7-9-22(17-25)20-36-29(24-12-5-2-6-13-24)27(37)19-32(31(36)39)15-8-16-35(21-32)30(38)28-18-26(34-40-28)23-10-3-1-4-11-23/h1-7,9-14,17-18,27,29,37H,8,15-16,19-21H2/t27-,29+,32+/m1/s1. The van der Waals surface area contributed by atoms with Crippen LogP contribution in [0, 0.1) is 5.41 Å². The predicted octanol–water partition coefficient (Wildman–Crippen LogP) is 5.75. The maximum Gasteiger partial charge on any atom is 0.292 e. The number of aliphatic hydroxyl groups excluding tert-OH is 1. The first-order valence-electron chi connectivity index (χ1n) is 13.5. The fraction of sp³-hybridized carbons (Fsp3) is 0.281. The zero-order valence-electron chi connectivity index (χ0n) is 21.9. The molecular formula is C32H30ClN3O4. The molecule has 0 saturated carbocycles. The van der Waals surface area contributed by atoms with Crippen LogP contribution in [-0.4, -0.2) is 51.1 Å². The molecule has 0 unspecified atom stereocenters. The number of rotatable bonds is 5. The Morgan fingerprint density at radius 3 is 2.52 bits per heavy atom. The second kappa shape index (κ2) is 10.9. The number of hydrogen-bond acceptors (Lipinski definition) is 5. The van der Waals surface area contributed by atoms with Crippen LogP contribution in [0.1, 0.15) is 47.0 Å². The van der Waals surface area contributed by atoms with Crippen LogP contribution in [0.2, 0.25) is 5.02 Å². The molecule has 0 bridgehead atoms. The Morgan fingerprint density at radius 2 is 1.77 bits per heavy atom. The number of nitrogens with zero attached hydrogens (tertiary/aromatic N) is 3. The lowest BCUT2D eigenvalue weighted by molar-refractivity contribution is -0.165. The van der Waals surface area contributed by atoms with E-state index in [1.54, 1.807) is 21.9 Å². The summed E-state index contributed by atoms with van der Waals surface area (Å²) in [6, 6.07) is 27.7. The lowest BCUT2D eigenvalue weighted by Gasteiger charge is -2.51. The molecule has 3 aromatic carbocycles. The van der Waals surface area contributed by atoms with Gasteiger partial charge in [-0.2, -0.15) is 0 Å². The van der Waals surface area contributed by atoms with E-state index in [9.17, 15) is 14.7 Å². The number of hydrogen-bond donors (Lipinski definition) is 1. The van der Waals surface area contributed by atoms with Gasteiger partial charge in [0, 0.05) is 36.3 Å². The lowest BCUT2D eigenvalue weighted by atomic mass is 9.69. The van der Waals surface area contributed by atoms with E-state index in [1.807, 2.05) is 78.9 Å². The largest absolute Gasteiger partial charge is 0.391 e. The highest BCUT2D eigenvalue weighted by Crippen LogP contribution is 2.46. The maximum atomic E-state index is 14.4. The van der Waals surface area contributed by atoms with E-state index in [-0.39, 0.29) is 30.5 Å². The molecule has 204 valence electrons. The Hall–Kier alpha value is -3.94. The van der Waals surface area contributed by atoms with Gasteiger partial charge < -0.3 is 19.4 Å². The van der Waals surface area contributed by atoms with E-state index in [0.29, 0.717) is 36.6 Å². The Labute approximate surface area is 238 Å². The molecule has 2 aliphatic heterocycles. The third-order valence-corrected chi connectivity index (χ3v) is 8.29. The van der Waals surface area contributed by atoms with Crippen molar-refractivity contribution < 1.29 is 19.2 Å². The normalized spacial score (nSPS) is 23.0. The molecule has 1 N–H and O–H groups in total. The number of carbonyl (C=O) groups excluding carboxylic acids is 2. The molecule has 2 saturated heterocycles. The third-order valence-electron chi connectivity index (χ3n) is 8.05. The fourth-order valence-corrected chi connectivity index (χ4v) is 6.43. The summed E-state index contributed by atoms with van der Waals surface area (Å²) in [6.07, 6.45) is 0.702. The van der Waals surface area contributed by atoms with E-state index in [1.165, 1.54) is 0 Å². The van der Waals surface area contributed by atoms with Crippen LogP contribution < -0.4 is 0 Å². The second-order valence-electron chi connectivity index (χ2n) is 10.7. The van der Waals surface area contributed by atoms with Crippen LogP contribution >= 0.6 is 11.6 Å². The number of aliphatic hydroxyl groups is 1. The third kappa shape index (κ3) is 5.03. The van der Waals surface area contributed by atoms with Crippen molar-refractivity contribution in [3.63, 3.8) is 0 Å². The minimum Gasteiger partial charge on any atom is -0.391 e. The summed E-state index contributed by atoms with van der Waals surface area (Å²) in [5.41, 5.74) is 2.29. The molecule has 1 spiro atoms. The molecule has 2 fully saturated rings. The highest BCUT2D eigenvalue weighted by atomic mass is 35.5. The van der Waals surface area contributed by atoms with Gasteiger partial charge in [-0.1, -0.05) is 89.6 Å². The zero-order chi connectivity index (χ0) is 27.7. The van der Waals surface area contributed by atoms with Crippen LogP contribution in [0.4, 0.5) is 0 Å². The molecule has 3 atom stereocenters. The Balaban J connectivity index is 1.29. The highest BCUT2D eigenvalue weighted by Gasteiger charge is 2.53. The Kier molecular flexibility index (Phi) is 7.17. The van der Waals surface area contributed by atoms with Crippen LogP contribution in [-0.2, 0) is 11.3 Å². The van der Waals surface area contributed by atoms with Crippen molar-refractivity contribution in [1.82, 2.24) is 15.0 Å². The monoisotopic (exact) mass is 555 g/mol. The molecule has 40 heavy (non-hydrogen) atoms. The number of piperidine rings is 2. The molecular weight excluding hydrogens is 526 g/mol. The van der Waals surface area contributed by atoms with Gasteiger partial charge in [0.1, 0.15) is 5.69 Å². The van der Waals surface area contributed by atoms with Gasteiger partial charge in [0.2, 0.25) is 11.7 Å². The average molecular weight is 556 g/mol. The highest BCUT2D eigenvalue weighted by molar-refractivity contribution is 6.30. The summed E-state index contributed by atoms with van der Waals surface area (Å²) < 4.78 is 5.45. The summed E-state index contributed by atoms with van der Waals surface area (Å²) in [6.45, 7) is 1.01. The quantitative estimate of drug-likeness (QED) is 0.339. The van der Waals surface area contributed by atoms with Crippen molar-refractivity contribution >= 4 is 23.4 Å². The van der Waals surface area contributed by atoms with Crippen LogP contribution in [0.15, 0.2) is 95.5 Å². The summed E-state index contributed by atoms with van der Waals surface area (Å²) in [4.78, 5) is 31.4. The van der Waals surface area contributed by atoms with Gasteiger partial charge in [-0.3, -0.25) is 9.59 Å². The molecule has 1 aromatic heterocycles.